The molecular weight excluding hydrogens is 308 g/mol. The van der Waals surface area contributed by atoms with Crippen molar-refractivity contribution in [3.8, 4) is 0 Å². The standard InChI is InChI=1S/C21H30N4/c1-16(2)24(4)20-10-13-25(15-19-7-5-6-17(3)23-19)21(20)14-18-8-11-22-12-9-18/h5-9,11-12,16,20-21H,10,13-15H2,1-4H3/t20-,21+/m1/s1. The van der Waals surface area contributed by atoms with Crippen LogP contribution in [0.15, 0.2) is 42.7 Å². The highest BCUT2D eigenvalue weighted by Crippen LogP contribution is 2.28. The molecular formula is C21H30N4. The van der Waals surface area contributed by atoms with Crippen molar-refractivity contribution < 1.29 is 0 Å². The molecule has 3 rings (SSSR count). The minimum absolute atomic E-state index is 0.511. The van der Waals surface area contributed by atoms with Gasteiger partial charge < -0.3 is 0 Å². The lowest BCUT2D eigenvalue weighted by molar-refractivity contribution is 0.134. The molecule has 0 radical (unpaired) electrons. The van der Waals surface area contributed by atoms with E-state index in [1.807, 2.05) is 12.4 Å². The molecule has 0 spiro atoms. The Balaban J connectivity index is 1.80. The fourth-order valence-corrected chi connectivity index (χ4v) is 3.88. The van der Waals surface area contributed by atoms with Crippen LogP contribution in [0.2, 0.25) is 0 Å². The van der Waals surface area contributed by atoms with Gasteiger partial charge in [0.2, 0.25) is 0 Å². The maximum atomic E-state index is 4.72. The van der Waals surface area contributed by atoms with E-state index in [2.05, 4.69) is 72.9 Å². The Hall–Kier alpha value is -1.78. The third-order valence-corrected chi connectivity index (χ3v) is 5.47. The summed E-state index contributed by atoms with van der Waals surface area (Å²) in [4.78, 5) is 14.0. The van der Waals surface area contributed by atoms with Gasteiger partial charge in [0.1, 0.15) is 0 Å². The first-order valence-electron chi connectivity index (χ1n) is 9.32. The largest absolute Gasteiger partial charge is 0.299 e. The van der Waals surface area contributed by atoms with Gasteiger partial charge in [0.25, 0.3) is 0 Å². The van der Waals surface area contributed by atoms with Crippen LogP contribution in [0.25, 0.3) is 0 Å². The summed E-state index contributed by atoms with van der Waals surface area (Å²) in [6, 6.07) is 12.3. The number of aromatic nitrogens is 2. The summed E-state index contributed by atoms with van der Waals surface area (Å²) < 4.78 is 0. The van der Waals surface area contributed by atoms with Gasteiger partial charge in [0.15, 0.2) is 0 Å². The first-order chi connectivity index (χ1) is 12.0. The molecule has 1 saturated heterocycles. The van der Waals surface area contributed by atoms with E-state index in [0.717, 1.165) is 25.2 Å². The molecule has 4 heteroatoms. The number of nitrogens with zero attached hydrogens (tertiary/aromatic N) is 4. The average molecular weight is 338 g/mol. The van der Waals surface area contributed by atoms with Gasteiger partial charge in [-0.1, -0.05) is 6.07 Å². The quantitative estimate of drug-likeness (QED) is 0.809. The van der Waals surface area contributed by atoms with E-state index in [1.165, 1.54) is 17.7 Å². The molecule has 1 aliphatic rings. The van der Waals surface area contributed by atoms with Gasteiger partial charge in [-0.15, -0.1) is 0 Å². The van der Waals surface area contributed by atoms with Crippen LogP contribution in [-0.2, 0) is 13.0 Å². The maximum absolute atomic E-state index is 4.72. The van der Waals surface area contributed by atoms with E-state index < -0.39 is 0 Å². The van der Waals surface area contributed by atoms with Crippen LogP contribution in [-0.4, -0.2) is 51.5 Å². The highest BCUT2D eigenvalue weighted by molar-refractivity contribution is 5.15. The lowest BCUT2D eigenvalue weighted by Crippen LogP contribution is -2.47. The molecule has 3 heterocycles. The Morgan fingerprint density at radius 1 is 1.20 bits per heavy atom. The zero-order chi connectivity index (χ0) is 17.8. The highest BCUT2D eigenvalue weighted by Gasteiger charge is 2.37. The summed E-state index contributed by atoms with van der Waals surface area (Å²) in [5, 5.41) is 0. The topological polar surface area (TPSA) is 32.3 Å². The van der Waals surface area contributed by atoms with Gasteiger partial charge in [0, 0.05) is 49.3 Å². The van der Waals surface area contributed by atoms with E-state index in [1.54, 1.807) is 0 Å². The van der Waals surface area contributed by atoms with E-state index >= 15 is 0 Å². The van der Waals surface area contributed by atoms with E-state index in [9.17, 15) is 0 Å². The zero-order valence-electron chi connectivity index (χ0n) is 15.9. The zero-order valence-corrected chi connectivity index (χ0v) is 15.9. The lowest BCUT2D eigenvalue weighted by Gasteiger charge is -2.35. The van der Waals surface area contributed by atoms with Gasteiger partial charge in [-0.05, 0) is 70.5 Å². The molecule has 4 nitrogen and oxygen atoms in total. The molecule has 0 aliphatic carbocycles. The van der Waals surface area contributed by atoms with Gasteiger partial charge >= 0.3 is 0 Å². The SMILES string of the molecule is Cc1cccc(CN2CC[C@@H](N(C)C(C)C)[C@@H]2Cc2ccncc2)n1. The molecule has 2 aromatic heterocycles. The minimum Gasteiger partial charge on any atom is -0.299 e. The van der Waals surface area contributed by atoms with Crippen molar-refractivity contribution in [2.24, 2.45) is 0 Å². The van der Waals surface area contributed by atoms with Crippen molar-refractivity contribution in [3.05, 3.63) is 59.7 Å². The fraction of sp³-hybridized carbons (Fsp3) is 0.524. The van der Waals surface area contributed by atoms with Gasteiger partial charge in [0.05, 0.1) is 5.69 Å². The summed E-state index contributed by atoms with van der Waals surface area (Å²) in [6.07, 6.45) is 6.09. The predicted octanol–water partition coefficient (Wildman–Crippen LogP) is 3.31. The van der Waals surface area contributed by atoms with Crippen molar-refractivity contribution in [1.29, 1.82) is 0 Å². The molecule has 0 bridgehead atoms. The fourth-order valence-electron chi connectivity index (χ4n) is 3.88. The van der Waals surface area contributed by atoms with Crippen LogP contribution >= 0.6 is 0 Å². The molecule has 0 aromatic carbocycles. The van der Waals surface area contributed by atoms with Crippen LogP contribution in [0.4, 0.5) is 0 Å². The second kappa shape index (κ2) is 8.07. The molecule has 0 unspecified atom stereocenters. The Morgan fingerprint density at radius 3 is 2.64 bits per heavy atom. The second-order valence-electron chi connectivity index (χ2n) is 7.48. The van der Waals surface area contributed by atoms with Crippen molar-refractivity contribution in [2.45, 2.75) is 58.3 Å². The highest BCUT2D eigenvalue weighted by atomic mass is 15.3. The summed E-state index contributed by atoms with van der Waals surface area (Å²) >= 11 is 0. The smallest absolute Gasteiger partial charge is 0.0547 e. The second-order valence-corrected chi connectivity index (χ2v) is 7.48. The van der Waals surface area contributed by atoms with Crippen LogP contribution < -0.4 is 0 Å². The third kappa shape index (κ3) is 4.44. The van der Waals surface area contributed by atoms with Crippen LogP contribution in [0.1, 0.15) is 37.2 Å². The number of likely N-dealkylation sites (N-methyl/N-ethyl adjacent to an activating group) is 1. The van der Waals surface area contributed by atoms with Gasteiger partial charge in [-0.2, -0.15) is 0 Å². The number of hydrogen-bond donors (Lipinski definition) is 0. The normalized spacial score (nSPS) is 21.4. The molecule has 0 saturated carbocycles. The number of likely N-dealkylation sites (tertiary alicyclic amines) is 1. The summed E-state index contributed by atoms with van der Waals surface area (Å²) in [5.74, 6) is 0. The molecule has 0 amide bonds. The van der Waals surface area contributed by atoms with E-state index in [0.29, 0.717) is 18.1 Å². The van der Waals surface area contributed by atoms with Crippen molar-refractivity contribution in [1.82, 2.24) is 19.8 Å². The van der Waals surface area contributed by atoms with Crippen LogP contribution in [0, 0.1) is 6.92 Å². The Bertz CT molecular complexity index is 671. The molecule has 1 aliphatic heterocycles. The molecule has 2 atom stereocenters. The minimum atomic E-state index is 0.511. The number of pyridine rings is 2. The maximum Gasteiger partial charge on any atom is 0.0547 e. The Kier molecular flexibility index (Phi) is 5.82. The molecule has 2 aromatic rings. The van der Waals surface area contributed by atoms with E-state index in [-0.39, 0.29) is 0 Å². The van der Waals surface area contributed by atoms with Crippen LogP contribution in [0.5, 0.6) is 0 Å². The monoisotopic (exact) mass is 338 g/mol. The molecule has 134 valence electrons. The van der Waals surface area contributed by atoms with E-state index in [4.69, 9.17) is 4.98 Å². The summed E-state index contributed by atoms with van der Waals surface area (Å²) in [7, 11) is 2.27. The molecule has 1 fully saturated rings. The predicted molar refractivity (Wildman–Crippen MR) is 102 cm³/mol. The Morgan fingerprint density at radius 2 is 1.96 bits per heavy atom. The van der Waals surface area contributed by atoms with Crippen molar-refractivity contribution >= 4 is 0 Å². The van der Waals surface area contributed by atoms with Crippen molar-refractivity contribution in [2.75, 3.05) is 13.6 Å². The van der Waals surface area contributed by atoms with Crippen molar-refractivity contribution in [3.63, 3.8) is 0 Å². The number of hydrogen-bond acceptors (Lipinski definition) is 4. The lowest BCUT2D eigenvalue weighted by atomic mass is 9.98. The third-order valence-electron chi connectivity index (χ3n) is 5.47. The number of rotatable bonds is 6. The number of aryl methyl sites for hydroxylation is 1. The molecule has 0 N–H and O–H groups in total. The average Bonchev–Trinajstić information content (AvgIpc) is 2.97. The summed E-state index contributed by atoms with van der Waals surface area (Å²) in [6.45, 7) is 8.70. The van der Waals surface area contributed by atoms with Crippen LogP contribution in [0.3, 0.4) is 0 Å². The first-order valence-corrected chi connectivity index (χ1v) is 9.32. The first kappa shape index (κ1) is 18.0. The van der Waals surface area contributed by atoms with Gasteiger partial charge in [-0.25, -0.2) is 0 Å². The Labute approximate surface area is 151 Å². The molecule has 25 heavy (non-hydrogen) atoms. The summed E-state index contributed by atoms with van der Waals surface area (Å²) in [5.41, 5.74) is 3.64. The van der Waals surface area contributed by atoms with Gasteiger partial charge in [-0.3, -0.25) is 19.8 Å².